The minimum Gasteiger partial charge on any atom is -0.320 e. The van der Waals surface area contributed by atoms with Crippen molar-refractivity contribution in [3.8, 4) is 0 Å². The molecule has 1 aliphatic rings. The summed E-state index contributed by atoms with van der Waals surface area (Å²) in [6, 6.07) is 19.1. The normalized spacial score (nSPS) is 23.1. The second-order valence-electron chi connectivity index (χ2n) is 5.92. The molecule has 1 saturated heterocycles. The molecule has 1 unspecified atom stereocenters. The summed E-state index contributed by atoms with van der Waals surface area (Å²) in [4.78, 5) is 2.46. The number of hydrogen-bond acceptors (Lipinski definition) is 2. The Morgan fingerprint density at radius 3 is 2.50 bits per heavy atom. The average molecular weight is 266 g/mol. The fourth-order valence-electron chi connectivity index (χ4n) is 3.24. The molecule has 0 radical (unpaired) electrons. The summed E-state index contributed by atoms with van der Waals surface area (Å²) in [7, 11) is 0. The van der Waals surface area contributed by atoms with E-state index in [-0.39, 0.29) is 5.54 Å². The Hall–Kier alpha value is -1.64. The predicted molar refractivity (Wildman–Crippen MR) is 83.4 cm³/mol. The fourth-order valence-corrected chi connectivity index (χ4v) is 3.24. The van der Waals surface area contributed by atoms with E-state index in [0.717, 1.165) is 26.1 Å². The van der Waals surface area contributed by atoms with Crippen molar-refractivity contribution in [3.05, 3.63) is 71.3 Å². The minimum absolute atomic E-state index is 0.194. The molecule has 2 aromatic rings. The summed E-state index contributed by atoms with van der Waals surface area (Å²) in [5.41, 5.74) is 10.5. The number of hydrogen-bond donors (Lipinski definition) is 1. The van der Waals surface area contributed by atoms with Crippen molar-refractivity contribution in [3.63, 3.8) is 0 Å². The summed E-state index contributed by atoms with van der Waals surface area (Å²) >= 11 is 0. The molecule has 1 atom stereocenters. The minimum atomic E-state index is -0.194. The zero-order valence-corrected chi connectivity index (χ0v) is 12.0. The quantitative estimate of drug-likeness (QED) is 0.925. The number of nitrogens with zero attached hydrogens (tertiary/aromatic N) is 1. The van der Waals surface area contributed by atoms with Crippen LogP contribution >= 0.6 is 0 Å². The van der Waals surface area contributed by atoms with E-state index >= 15 is 0 Å². The summed E-state index contributed by atoms with van der Waals surface area (Å²) in [5, 5.41) is 0. The van der Waals surface area contributed by atoms with E-state index in [4.69, 9.17) is 5.73 Å². The van der Waals surface area contributed by atoms with E-state index < -0.39 is 0 Å². The van der Waals surface area contributed by atoms with Crippen LogP contribution in [0.4, 0.5) is 0 Å². The first-order valence-corrected chi connectivity index (χ1v) is 7.29. The third-order valence-electron chi connectivity index (χ3n) is 4.31. The highest BCUT2D eigenvalue weighted by molar-refractivity contribution is 5.34. The molecule has 1 aliphatic heterocycles. The first kappa shape index (κ1) is 13.3. The van der Waals surface area contributed by atoms with E-state index in [1.54, 1.807) is 0 Å². The Labute approximate surface area is 121 Å². The van der Waals surface area contributed by atoms with Gasteiger partial charge >= 0.3 is 0 Å². The summed E-state index contributed by atoms with van der Waals surface area (Å²) in [6.45, 7) is 5.15. The van der Waals surface area contributed by atoms with E-state index in [0.29, 0.717) is 0 Å². The molecular weight excluding hydrogens is 244 g/mol. The molecule has 2 aromatic carbocycles. The van der Waals surface area contributed by atoms with Crippen LogP contribution in [0.2, 0.25) is 0 Å². The van der Waals surface area contributed by atoms with Crippen LogP contribution in [0.15, 0.2) is 54.6 Å². The zero-order chi connectivity index (χ0) is 14.0. The van der Waals surface area contributed by atoms with Crippen molar-refractivity contribution in [1.82, 2.24) is 4.90 Å². The van der Waals surface area contributed by atoms with Crippen LogP contribution in [-0.4, -0.2) is 18.0 Å². The highest BCUT2D eigenvalue weighted by atomic mass is 15.2. The van der Waals surface area contributed by atoms with Crippen LogP contribution in [0.5, 0.6) is 0 Å². The average Bonchev–Trinajstić information content (AvgIpc) is 2.83. The molecule has 0 aliphatic carbocycles. The van der Waals surface area contributed by atoms with Crippen molar-refractivity contribution in [2.45, 2.75) is 25.4 Å². The Balaban J connectivity index is 1.74. The highest BCUT2D eigenvalue weighted by Crippen LogP contribution is 2.32. The number of rotatable bonds is 3. The van der Waals surface area contributed by atoms with Crippen LogP contribution < -0.4 is 5.73 Å². The summed E-state index contributed by atoms with van der Waals surface area (Å²) in [6.07, 6.45) is 1.03. The maximum Gasteiger partial charge on any atom is 0.0553 e. The molecule has 0 saturated carbocycles. The molecule has 1 fully saturated rings. The second kappa shape index (κ2) is 5.39. The summed E-state index contributed by atoms with van der Waals surface area (Å²) in [5.74, 6) is 0. The zero-order valence-electron chi connectivity index (χ0n) is 12.0. The van der Waals surface area contributed by atoms with Gasteiger partial charge < -0.3 is 5.73 Å². The molecule has 104 valence electrons. The standard InChI is InChI=1S/C18H22N2/c1-15-7-5-6-10-17(15)18(19)11-12-20(14-18)13-16-8-3-2-4-9-16/h2-10H,11-14,19H2,1H3. The molecule has 0 aromatic heterocycles. The number of benzene rings is 2. The van der Waals surface area contributed by atoms with Gasteiger partial charge in [-0.05, 0) is 30.0 Å². The van der Waals surface area contributed by atoms with Crippen molar-refractivity contribution >= 4 is 0 Å². The highest BCUT2D eigenvalue weighted by Gasteiger charge is 2.36. The maximum atomic E-state index is 6.68. The molecule has 0 spiro atoms. The Morgan fingerprint density at radius 2 is 1.75 bits per heavy atom. The van der Waals surface area contributed by atoms with Crippen LogP contribution in [0, 0.1) is 6.92 Å². The van der Waals surface area contributed by atoms with Gasteiger partial charge in [0.25, 0.3) is 0 Å². The third-order valence-corrected chi connectivity index (χ3v) is 4.31. The smallest absolute Gasteiger partial charge is 0.0553 e. The topological polar surface area (TPSA) is 29.3 Å². The van der Waals surface area contributed by atoms with Crippen LogP contribution in [-0.2, 0) is 12.1 Å². The van der Waals surface area contributed by atoms with Crippen LogP contribution in [0.25, 0.3) is 0 Å². The lowest BCUT2D eigenvalue weighted by Crippen LogP contribution is -2.40. The largest absolute Gasteiger partial charge is 0.320 e. The van der Waals surface area contributed by atoms with Gasteiger partial charge in [0.05, 0.1) is 5.54 Å². The molecule has 0 bridgehead atoms. The second-order valence-corrected chi connectivity index (χ2v) is 5.92. The molecule has 20 heavy (non-hydrogen) atoms. The van der Waals surface area contributed by atoms with Crippen LogP contribution in [0.3, 0.4) is 0 Å². The first-order valence-electron chi connectivity index (χ1n) is 7.29. The van der Waals surface area contributed by atoms with Gasteiger partial charge in [0.15, 0.2) is 0 Å². The molecule has 2 nitrogen and oxygen atoms in total. The first-order chi connectivity index (χ1) is 9.67. The van der Waals surface area contributed by atoms with Gasteiger partial charge in [-0.15, -0.1) is 0 Å². The van der Waals surface area contributed by atoms with E-state index in [1.165, 1.54) is 16.7 Å². The molecule has 0 amide bonds. The van der Waals surface area contributed by atoms with Gasteiger partial charge in [0.1, 0.15) is 0 Å². The molecule has 2 N–H and O–H groups in total. The van der Waals surface area contributed by atoms with Gasteiger partial charge in [-0.25, -0.2) is 0 Å². The van der Waals surface area contributed by atoms with E-state index in [9.17, 15) is 0 Å². The van der Waals surface area contributed by atoms with Gasteiger partial charge in [0, 0.05) is 19.6 Å². The lowest BCUT2D eigenvalue weighted by Gasteiger charge is -2.27. The number of nitrogens with two attached hydrogens (primary N) is 1. The number of likely N-dealkylation sites (tertiary alicyclic amines) is 1. The lowest BCUT2D eigenvalue weighted by molar-refractivity contribution is 0.304. The van der Waals surface area contributed by atoms with E-state index in [2.05, 4.69) is 66.4 Å². The predicted octanol–water partition coefficient (Wildman–Crippen LogP) is 3.05. The monoisotopic (exact) mass is 266 g/mol. The van der Waals surface area contributed by atoms with Gasteiger partial charge in [0.2, 0.25) is 0 Å². The molecule has 1 heterocycles. The van der Waals surface area contributed by atoms with Gasteiger partial charge in [-0.2, -0.15) is 0 Å². The Morgan fingerprint density at radius 1 is 1.05 bits per heavy atom. The lowest BCUT2D eigenvalue weighted by atomic mass is 9.87. The SMILES string of the molecule is Cc1ccccc1C1(N)CCN(Cc2ccccc2)C1. The number of aryl methyl sites for hydroxylation is 1. The van der Waals surface area contributed by atoms with Gasteiger partial charge in [-0.1, -0.05) is 54.6 Å². The molecule has 3 rings (SSSR count). The van der Waals surface area contributed by atoms with E-state index in [1.807, 2.05) is 0 Å². The maximum absolute atomic E-state index is 6.68. The van der Waals surface area contributed by atoms with Crippen molar-refractivity contribution in [1.29, 1.82) is 0 Å². The summed E-state index contributed by atoms with van der Waals surface area (Å²) < 4.78 is 0. The Kier molecular flexibility index (Phi) is 3.60. The molecular formula is C18H22N2. The third kappa shape index (κ3) is 2.62. The van der Waals surface area contributed by atoms with Gasteiger partial charge in [-0.3, -0.25) is 4.90 Å². The van der Waals surface area contributed by atoms with Crippen LogP contribution in [0.1, 0.15) is 23.1 Å². The molecule has 2 heteroatoms. The van der Waals surface area contributed by atoms with Crippen molar-refractivity contribution in [2.24, 2.45) is 5.73 Å². The Bertz CT molecular complexity index is 579. The fraction of sp³-hybridized carbons (Fsp3) is 0.333. The van der Waals surface area contributed by atoms with Crippen molar-refractivity contribution < 1.29 is 0 Å². The van der Waals surface area contributed by atoms with Crippen molar-refractivity contribution in [2.75, 3.05) is 13.1 Å².